The Balaban J connectivity index is 3.26. The van der Waals surface area contributed by atoms with Crippen molar-refractivity contribution >= 4 is 0 Å². The van der Waals surface area contributed by atoms with E-state index in [-0.39, 0.29) is 5.56 Å². The molecule has 0 fully saturated rings. The number of nitriles is 1. The molecule has 1 aromatic carbocycles. The minimum Gasteiger partial charge on any atom is -0.310 e. The van der Waals surface area contributed by atoms with Gasteiger partial charge in [-0.2, -0.15) is 5.26 Å². The minimum absolute atomic E-state index is 0.00333. The van der Waals surface area contributed by atoms with Crippen LogP contribution in [0.2, 0.25) is 0 Å². The molecule has 0 spiro atoms. The van der Waals surface area contributed by atoms with E-state index in [0.29, 0.717) is 6.07 Å². The van der Waals surface area contributed by atoms with Crippen LogP contribution in [0, 0.1) is 23.0 Å². The van der Waals surface area contributed by atoms with Crippen LogP contribution in [0.3, 0.4) is 0 Å². The smallest absolute Gasteiger partial charge is 0.132 e. The highest BCUT2D eigenvalue weighted by Crippen LogP contribution is 2.20. The monoisotopic (exact) mass is 182 g/mol. The fraction of sp³-hybridized carbons (Fsp3) is 0.222. The van der Waals surface area contributed by atoms with E-state index >= 15 is 0 Å². The van der Waals surface area contributed by atoms with E-state index in [0.717, 1.165) is 6.07 Å². The SMILES string of the molecule is CC(N)(C#N)c1ccc(F)cc1F. The van der Waals surface area contributed by atoms with Crippen LogP contribution in [0.25, 0.3) is 0 Å². The van der Waals surface area contributed by atoms with Crippen LogP contribution in [-0.4, -0.2) is 0 Å². The Morgan fingerprint density at radius 2 is 2.08 bits per heavy atom. The fourth-order valence-electron chi connectivity index (χ4n) is 0.971. The van der Waals surface area contributed by atoms with E-state index in [1.165, 1.54) is 13.0 Å². The average Bonchev–Trinajstić information content (AvgIpc) is 2.03. The summed E-state index contributed by atoms with van der Waals surface area (Å²) in [5.41, 5.74) is 4.04. The molecule has 0 saturated carbocycles. The zero-order valence-corrected chi connectivity index (χ0v) is 7.01. The second kappa shape index (κ2) is 3.11. The van der Waals surface area contributed by atoms with Crippen LogP contribution in [-0.2, 0) is 5.54 Å². The first-order chi connectivity index (χ1) is 5.97. The highest BCUT2D eigenvalue weighted by Gasteiger charge is 2.24. The van der Waals surface area contributed by atoms with E-state index in [1.807, 2.05) is 0 Å². The molecule has 13 heavy (non-hydrogen) atoms. The summed E-state index contributed by atoms with van der Waals surface area (Å²) in [6.45, 7) is 1.36. The predicted octanol–water partition coefficient (Wildman–Crippen LogP) is 1.66. The Kier molecular flexibility index (Phi) is 2.30. The molecule has 68 valence electrons. The number of nitrogens with two attached hydrogens (primary N) is 1. The summed E-state index contributed by atoms with van der Waals surface area (Å²) >= 11 is 0. The maximum Gasteiger partial charge on any atom is 0.132 e. The number of benzene rings is 1. The molecule has 0 bridgehead atoms. The second-order valence-corrected chi connectivity index (χ2v) is 2.94. The van der Waals surface area contributed by atoms with Crippen molar-refractivity contribution in [1.29, 1.82) is 5.26 Å². The molecule has 1 unspecified atom stereocenters. The molecule has 1 atom stereocenters. The van der Waals surface area contributed by atoms with Gasteiger partial charge in [-0.3, -0.25) is 0 Å². The zero-order valence-electron chi connectivity index (χ0n) is 7.01. The average molecular weight is 182 g/mol. The molecule has 1 rings (SSSR count). The first kappa shape index (κ1) is 9.62. The van der Waals surface area contributed by atoms with Crippen molar-refractivity contribution in [3.8, 4) is 6.07 Å². The molecule has 4 heteroatoms. The topological polar surface area (TPSA) is 49.8 Å². The Labute approximate surface area is 74.6 Å². The van der Waals surface area contributed by atoms with Gasteiger partial charge in [-0.1, -0.05) is 6.07 Å². The van der Waals surface area contributed by atoms with Crippen molar-refractivity contribution in [2.75, 3.05) is 0 Å². The highest BCUT2D eigenvalue weighted by molar-refractivity contribution is 5.31. The normalized spacial score (nSPS) is 14.7. The van der Waals surface area contributed by atoms with Crippen molar-refractivity contribution in [3.05, 3.63) is 35.4 Å². The van der Waals surface area contributed by atoms with Gasteiger partial charge in [0.15, 0.2) is 0 Å². The molecule has 0 aliphatic rings. The first-order valence-electron chi connectivity index (χ1n) is 3.63. The van der Waals surface area contributed by atoms with E-state index in [9.17, 15) is 8.78 Å². The molecule has 0 aliphatic carbocycles. The van der Waals surface area contributed by atoms with Gasteiger partial charge in [0, 0.05) is 11.6 Å². The third-order valence-corrected chi connectivity index (χ3v) is 1.72. The lowest BCUT2D eigenvalue weighted by molar-refractivity contribution is 0.533. The summed E-state index contributed by atoms with van der Waals surface area (Å²) in [5.74, 6) is -1.48. The fourth-order valence-corrected chi connectivity index (χ4v) is 0.971. The molecule has 0 radical (unpaired) electrons. The number of hydrogen-bond acceptors (Lipinski definition) is 2. The van der Waals surface area contributed by atoms with Crippen LogP contribution < -0.4 is 5.73 Å². The quantitative estimate of drug-likeness (QED) is 0.718. The Morgan fingerprint density at radius 3 is 2.54 bits per heavy atom. The maximum atomic E-state index is 13.1. The highest BCUT2D eigenvalue weighted by atomic mass is 19.1. The molecule has 0 heterocycles. The molecule has 2 nitrogen and oxygen atoms in total. The van der Waals surface area contributed by atoms with Gasteiger partial charge in [-0.25, -0.2) is 8.78 Å². The van der Waals surface area contributed by atoms with Gasteiger partial charge >= 0.3 is 0 Å². The molecule has 0 aliphatic heterocycles. The van der Waals surface area contributed by atoms with Crippen molar-refractivity contribution in [2.45, 2.75) is 12.5 Å². The predicted molar refractivity (Wildman–Crippen MR) is 43.5 cm³/mol. The zero-order chi connectivity index (χ0) is 10.1. The lowest BCUT2D eigenvalue weighted by Crippen LogP contribution is -2.32. The molecule has 0 aromatic heterocycles. The van der Waals surface area contributed by atoms with Crippen LogP contribution in [0.1, 0.15) is 12.5 Å². The molecular weight excluding hydrogens is 174 g/mol. The Bertz CT molecular complexity index is 366. The van der Waals surface area contributed by atoms with Crippen LogP contribution in [0.15, 0.2) is 18.2 Å². The molecule has 0 saturated heterocycles. The third kappa shape index (κ3) is 1.82. The van der Waals surface area contributed by atoms with Crippen molar-refractivity contribution in [3.63, 3.8) is 0 Å². The summed E-state index contributed by atoms with van der Waals surface area (Å²) < 4.78 is 25.5. The summed E-state index contributed by atoms with van der Waals surface area (Å²) in [6, 6.07) is 4.68. The summed E-state index contributed by atoms with van der Waals surface area (Å²) in [7, 11) is 0. The van der Waals surface area contributed by atoms with Gasteiger partial charge < -0.3 is 5.73 Å². The van der Waals surface area contributed by atoms with Gasteiger partial charge in [0.05, 0.1) is 6.07 Å². The van der Waals surface area contributed by atoms with Gasteiger partial charge in [0.25, 0.3) is 0 Å². The summed E-state index contributed by atoms with van der Waals surface area (Å²) in [6.07, 6.45) is 0. The van der Waals surface area contributed by atoms with E-state index < -0.39 is 17.2 Å². The maximum absolute atomic E-state index is 13.1. The number of rotatable bonds is 1. The van der Waals surface area contributed by atoms with E-state index in [2.05, 4.69) is 0 Å². The minimum atomic E-state index is -1.42. The molecular formula is C9H8F2N2. The first-order valence-corrected chi connectivity index (χ1v) is 3.63. The lowest BCUT2D eigenvalue weighted by atomic mass is 9.94. The Hall–Kier alpha value is -1.47. The number of halogens is 2. The van der Waals surface area contributed by atoms with Gasteiger partial charge in [-0.15, -0.1) is 0 Å². The van der Waals surface area contributed by atoms with Crippen LogP contribution in [0.4, 0.5) is 8.78 Å². The van der Waals surface area contributed by atoms with Crippen molar-refractivity contribution in [1.82, 2.24) is 0 Å². The lowest BCUT2D eigenvalue weighted by Gasteiger charge is -2.16. The van der Waals surface area contributed by atoms with Crippen LogP contribution >= 0.6 is 0 Å². The van der Waals surface area contributed by atoms with Gasteiger partial charge in [0.2, 0.25) is 0 Å². The summed E-state index contributed by atoms with van der Waals surface area (Å²) in [5, 5.41) is 8.61. The molecule has 2 N–H and O–H groups in total. The third-order valence-electron chi connectivity index (χ3n) is 1.72. The van der Waals surface area contributed by atoms with Crippen molar-refractivity contribution < 1.29 is 8.78 Å². The number of nitrogens with zero attached hydrogens (tertiary/aromatic N) is 1. The van der Waals surface area contributed by atoms with E-state index in [1.54, 1.807) is 6.07 Å². The van der Waals surface area contributed by atoms with E-state index in [4.69, 9.17) is 11.0 Å². The van der Waals surface area contributed by atoms with Gasteiger partial charge in [-0.05, 0) is 13.0 Å². The van der Waals surface area contributed by atoms with Gasteiger partial charge in [0.1, 0.15) is 17.2 Å². The molecule has 0 amide bonds. The largest absolute Gasteiger partial charge is 0.310 e. The second-order valence-electron chi connectivity index (χ2n) is 2.94. The Morgan fingerprint density at radius 1 is 1.46 bits per heavy atom. The van der Waals surface area contributed by atoms with Crippen LogP contribution in [0.5, 0.6) is 0 Å². The molecule has 1 aromatic rings. The number of hydrogen-bond donors (Lipinski definition) is 1. The standard InChI is InChI=1S/C9H8F2N2/c1-9(13,5-12)7-3-2-6(10)4-8(7)11/h2-4H,13H2,1H3. The van der Waals surface area contributed by atoms with Crippen molar-refractivity contribution in [2.24, 2.45) is 5.73 Å². The summed E-state index contributed by atoms with van der Waals surface area (Å²) in [4.78, 5) is 0.